The fourth-order valence-electron chi connectivity index (χ4n) is 2.92. The molecule has 1 aromatic rings. The number of ether oxygens (including phenoxy) is 1. The molecule has 0 aromatic heterocycles. The Hall–Kier alpha value is -1.97. The maximum atomic E-state index is 12.1. The molecule has 1 heterocycles. The van der Waals surface area contributed by atoms with Crippen molar-refractivity contribution < 1.29 is 22.7 Å². The largest absolute Gasteiger partial charge is 0.466 e. The molecule has 0 bridgehead atoms. The molecule has 3 N–H and O–H groups in total. The summed E-state index contributed by atoms with van der Waals surface area (Å²) in [7, 11) is -3.75. The highest BCUT2D eigenvalue weighted by Gasteiger charge is 2.26. The number of hydrogen-bond acceptors (Lipinski definition) is 6. The van der Waals surface area contributed by atoms with E-state index in [4.69, 9.17) is 9.88 Å². The van der Waals surface area contributed by atoms with Crippen LogP contribution < -0.4 is 10.5 Å². The zero-order chi connectivity index (χ0) is 19.2. The van der Waals surface area contributed by atoms with E-state index in [0.717, 1.165) is 19.4 Å². The third-order valence-corrected chi connectivity index (χ3v) is 5.18. The number of likely N-dealkylation sites (tertiary alicyclic amines) is 1. The molecule has 1 aliphatic heterocycles. The third kappa shape index (κ3) is 6.08. The van der Waals surface area contributed by atoms with E-state index >= 15 is 0 Å². The van der Waals surface area contributed by atoms with Crippen molar-refractivity contribution in [3.05, 3.63) is 24.3 Å². The van der Waals surface area contributed by atoms with Gasteiger partial charge in [-0.3, -0.25) is 9.59 Å². The van der Waals surface area contributed by atoms with Crippen molar-refractivity contribution in [1.82, 2.24) is 4.90 Å². The zero-order valence-electron chi connectivity index (χ0n) is 14.8. The zero-order valence-corrected chi connectivity index (χ0v) is 15.6. The molecule has 9 heteroatoms. The van der Waals surface area contributed by atoms with Crippen molar-refractivity contribution >= 4 is 27.6 Å². The summed E-state index contributed by atoms with van der Waals surface area (Å²) >= 11 is 0. The van der Waals surface area contributed by atoms with Crippen LogP contribution in [-0.2, 0) is 24.3 Å². The van der Waals surface area contributed by atoms with Crippen LogP contribution in [0.2, 0.25) is 0 Å². The summed E-state index contributed by atoms with van der Waals surface area (Å²) in [4.78, 5) is 26.0. The molecule has 1 aliphatic rings. The number of nitrogens with zero attached hydrogens (tertiary/aromatic N) is 1. The molecule has 2 rings (SSSR count). The van der Waals surface area contributed by atoms with Crippen molar-refractivity contribution in [3.8, 4) is 0 Å². The van der Waals surface area contributed by atoms with Crippen LogP contribution in [0.5, 0.6) is 0 Å². The Labute approximate surface area is 153 Å². The van der Waals surface area contributed by atoms with E-state index in [-0.39, 0.29) is 29.1 Å². The molecule has 1 unspecified atom stereocenters. The molecule has 1 atom stereocenters. The lowest BCUT2D eigenvalue weighted by Gasteiger charge is -2.31. The van der Waals surface area contributed by atoms with Gasteiger partial charge in [-0.1, -0.05) is 0 Å². The summed E-state index contributed by atoms with van der Waals surface area (Å²) in [5.74, 6) is -0.472. The van der Waals surface area contributed by atoms with Crippen LogP contribution in [0.1, 0.15) is 26.2 Å². The lowest BCUT2D eigenvalue weighted by atomic mass is 9.98. The van der Waals surface area contributed by atoms with Gasteiger partial charge in [-0.2, -0.15) is 0 Å². The Kier molecular flexibility index (Phi) is 7.13. The normalized spacial score (nSPS) is 18.3. The molecule has 1 amide bonds. The van der Waals surface area contributed by atoms with Gasteiger partial charge in [0.05, 0.1) is 17.4 Å². The van der Waals surface area contributed by atoms with Gasteiger partial charge in [0, 0.05) is 25.2 Å². The number of sulfonamides is 1. The van der Waals surface area contributed by atoms with E-state index in [1.165, 1.54) is 24.3 Å². The molecule has 1 aromatic carbocycles. The van der Waals surface area contributed by atoms with E-state index in [2.05, 4.69) is 10.2 Å². The smallest absolute Gasteiger partial charge is 0.310 e. The minimum absolute atomic E-state index is 0.00572. The quantitative estimate of drug-likeness (QED) is 0.676. The van der Waals surface area contributed by atoms with Crippen LogP contribution in [-0.4, -0.2) is 51.4 Å². The number of anilines is 1. The molecule has 26 heavy (non-hydrogen) atoms. The maximum absolute atomic E-state index is 12.1. The van der Waals surface area contributed by atoms with Gasteiger partial charge >= 0.3 is 5.97 Å². The van der Waals surface area contributed by atoms with Crippen molar-refractivity contribution in [2.45, 2.75) is 31.1 Å². The van der Waals surface area contributed by atoms with E-state index in [1.54, 1.807) is 6.92 Å². The average Bonchev–Trinajstić information content (AvgIpc) is 2.60. The highest BCUT2D eigenvalue weighted by Crippen LogP contribution is 2.18. The number of carbonyl (C=O) groups is 2. The van der Waals surface area contributed by atoms with Crippen molar-refractivity contribution in [2.24, 2.45) is 11.1 Å². The van der Waals surface area contributed by atoms with E-state index in [9.17, 15) is 18.0 Å². The van der Waals surface area contributed by atoms with Gasteiger partial charge in [-0.05, 0) is 50.6 Å². The van der Waals surface area contributed by atoms with Crippen LogP contribution in [0.15, 0.2) is 29.2 Å². The number of nitrogens with two attached hydrogens (primary N) is 1. The molecule has 8 nitrogen and oxygen atoms in total. The van der Waals surface area contributed by atoms with Gasteiger partial charge in [0.15, 0.2) is 0 Å². The summed E-state index contributed by atoms with van der Waals surface area (Å²) in [6.07, 6.45) is 2.00. The van der Waals surface area contributed by atoms with Crippen molar-refractivity contribution in [2.75, 3.05) is 31.6 Å². The summed E-state index contributed by atoms with van der Waals surface area (Å²) in [6, 6.07) is 5.68. The van der Waals surface area contributed by atoms with Gasteiger partial charge in [0.2, 0.25) is 15.9 Å². The van der Waals surface area contributed by atoms with Crippen LogP contribution in [0, 0.1) is 5.92 Å². The van der Waals surface area contributed by atoms with E-state index in [0.29, 0.717) is 25.4 Å². The minimum Gasteiger partial charge on any atom is -0.466 e. The number of piperidine rings is 1. The average molecular weight is 383 g/mol. The lowest BCUT2D eigenvalue weighted by molar-refractivity contribution is -0.149. The fraction of sp³-hybridized carbons (Fsp3) is 0.529. The van der Waals surface area contributed by atoms with Gasteiger partial charge < -0.3 is 15.0 Å². The highest BCUT2D eigenvalue weighted by molar-refractivity contribution is 7.89. The van der Waals surface area contributed by atoms with Gasteiger partial charge in [0.25, 0.3) is 0 Å². The van der Waals surface area contributed by atoms with Crippen LogP contribution in [0.3, 0.4) is 0 Å². The number of esters is 1. The van der Waals surface area contributed by atoms with E-state index < -0.39 is 10.0 Å². The Bertz CT molecular complexity index is 733. The first-order valence-electron chi connectivity index (χ1n) is 8.61. The number of nitrogens with one attached hydrogen (secondary N) is 1. The molecule has 0 aliphatic carbocycles. The summed E-state index contributed by atoms with van der Waals surface area (Å²) in [5.41, 5.74) is 0.505. The first kappa shape index (κ1) is 20.3. The number of primary sulfonamides is 1. The Morgan fingerprint density at radius 2 is 2.00 bits per heavy atom. The molecule has 0 spiro atoms. The molecule has 0 saturated carbocycles. The topological polar surface area (TPSA) is 119 Å². The first-order chi connectivity index (χ1) is 12.3. The Balaban J connectivity index is 1.80. The first-order valence-corrected chi connectivity index (χ1v) is 10.2. The predicted octanol–water partition coefficient (Wildman–Crippen LogP) is 0.938. The second kappa shape index (κ2) is 9.11. The maximum Gasteiger partial charge on any atom is 0.310 e. The van der Waals surface area contributed by atoms with Crippen molar-refractivity contribution in [3.63, 3.8) is 0 Å². The standard InChI is InChI=1S/C17H25N3O5S/c1-2-25-17(22)13-4-3-10-20(12-13)11-9-16(21)19-14-5-7-15(8-6-14)26(18,23)24/h5-8,13H,2-4,9-12H2,1H3,(H,19,21)(H2,18,23,24). The Morgan fingerprint density at radius 1 is 1.31 bits per heavy atom. The van der Waals surface area contributed by atoms with E-state index in [1.807, 2.05) is 0 Å². The van der Waals surface area contributed by atoms with Gasteiger partial charge in [-0.15, -0.1) is 0 Å². The number of rotatable bonds is 7. The number of benzene rings is 1. The van der Waals surface area contributed by atoms with Crippen LogP contribution in [0.4, 0.5) is 5.69 Å². The molecule has 144 valence electrons. The molecular formula is C17H25N3O5S. The highest BCUT2D eigenvalue weighted by atomic mass is 32.2. The summed E-state index contributed by atoms with van der Waals surface area (Å²) < 4.78 is 27.5. The third-order valence-electron chi connectivity index (χ3n) is 4.25. The fourth-order valence-corrected chi connectivity index (χ4v) is 3.44. The monoisotopic (exact) mass is 383 g/mol. The lowest BCUT2D eigenvalue weighted by Crippen LogP contribution is -2.40. The summed E-state index contributed by atoms with van der Waals surface area (Å²) in [5, 5.41) is 7.76. The molecular weight excluding hydrogens is 358 g/mol. The van der Waals surface area contributed by atoms with Gasteiger partial charge in [-0.25, -0.2) is 13.6 Å². The molecule has 1 fully saturated rings. The molecule has 0 radical (unpaired) electrons. The summed E-state index contributed by atoms with van der Waals surface area (Å²) in [6.45, 7) is 4.18. The second-order valence-electron chi connectivity index (χ2n) is 6.26. The molecule has 1 saturated heterocycles. The Morgan fingerprint density at radius 3 is 2.62 bits per heavy atom. The SMILES string of the molecule is CCOC(=O)C1CCCN(CCC(=O)Nc2ccc(S(N)(=O)=O)cc2)C1. The predicted molar refractivity (Wildman–Crippen MR) is 96.9 cm³/mol. The van der Waals surface area contributed by atoms with Crippen molar-refractivity contribution in [1.29, 1.82) is 0 Å². The minimum atomic E-state index is -3.75. The number of hydrogen-bond donors (Lipinski definition) is 2. The van der Waals surface area contributed by atoms with Crippen LogP contribution in [0.25, 0.3) is 0 Å². The second-order valence-corrected chi connectivity index (χ2v) is 7.82. The van der Waals surface area contributed by atoms with Crippen LogP contribution >= 0.6 is 0 Å². The van der Waals surface area contributed by atoms with Gasteiger partial charge in [0.1, 0.15) is 0 Å². The number of amides is 1. The number of carbonyl (C=O) groups excluding carboxylic acids is 2.